The maximum Gasteiger partial charge on any atom is 0.329 e. The van der Waals surface area contributed by atoms with E-state index in [1.54, 1.807) is 19.2 Å². The van der Waals surface area contributed by atoms with Gasteiger partial charge < -0.3 is 15.3 Å². The summed E-state index contributed by atoms with van der Waals surface area (Å²) in [5.74, 6) is -1.06. The molecule has 1 aromatic rings. The van der Waals surface area contributed by atoms with Gasteiger partial charge in [0.25, 0.3) is 0 Å². The van der Waals surface area contributed by atoms with Gasteiger partial charge in [-0.3, -0.25) is 4.98 Å². The molecule has 6 nitrogen and oxygen atoms in total. The Balaban J connectivity index is 2.89. The lowest BCUT2D eigenvalue weighted by atomic mass is 10.0. The van der Waals surface area contributed by atoms with Crippen LogP contribution in [-0.2, 0) is 4.79 Å². The summed E-state index contributed by atoms with van der Waals surface area (Å²) in [6.45, 7) is 4.98. The molecule has 0 saturated heterocycles. The Hall–Kier alpha value is -1.63. The maximum absolute atomic E-state index is 12.1. The van der Waals surface area contributed by atoms with Gasteiger partial charge in [0.1, 0.15) is 5.54 Å². The van der Waals surface area contributed by atoms with Crippen LogP contribution in [0.2, 0.25) is 0 Å². The van der Waals surface area contributed by atoms with Crippen LogP contribution in [-0.4, -0.2) is 39.1 Å². The minimum Gasteiger partial charge on any atom is -0.480 e. The van der Waals surface area contributed by atoms with Crippen molar-refractivity contribution >= 4 is 33.6 Å². The van der Waals surface area contributed by atoms with Gasteiger partial charge >= 0.3 is 12.0 Å². The molecule has 2 amide bonds. The minimum absolute atomic E-state index is 0.284. The number of carbonyl (C=O) groups is 2. The summed E-state index contributed by atoms with van der Waals surface area (Å²) in [4.78, 5) is 28.5. The SMILES string of the molecule is CCN(C(=O)Nc1cncc(Br)c1)C(C)(C)C(=O)O. The highest BCUT2D eigenvalue weighted by Crippen LogP contribution is 2.18. The molecule has 0 atom stereocenters. The van der Waals surface area contributed by atoms with Crippen LogP contribution in [0.15, 0.2) is 22.9 Å². The average Bonchev–Trinajstić information content (AvgIpc) is 2.29. The van der Waals surface area contributed by atoms with E-state index >= 15 is 0 Å². The van der Waals surface area contributed by atoms with Gasteiger partial charge in [0.15, 0.2) is 0 Å². The first-order valence-corrected chi connectivity index (χ1v) is 6.51. The number of likely N-dealkylation sites (N-methyl/N-ethyl adjacent to an activating group) is 1. The van der Waals surface area contributed by atoms with Gasteiger partial charge in [0, 0.05) is 17.2 Å². The minimum atomic E-state index is -1.28. The van der Waals surface area contributed by atoms with Crippen molar-refractivity contribution in [2.45, 2.75) is 26.3 Å². The predicted molar refractivity (Wildman–Crippen MR) is 75.1 cm³/mol. The zero-order valence-electron chi connectivity index (χ0n) is 11.0. The molecule has 0 aliphatic carbocycles. The normalized spacial score (nSPS) is 10.9. The van der Waals surface area contributed by atoms with Crippen molar-refractivity contribution in [3.05, 3.63) is 22.9 Å². The molecule has 1 rings (SSSR count). The first-order valence-electron chi connectivity index (χ1n) is 5.71. The van der Waals surface area contributed by atoms with E-state index in [0.29, 0.717) is 5.69 Å². The fourth-order valence-electron chi connectivity index (χ4n) is 1.58. The van der Waals surface area contributed by atoms with Gasteiger partial charge in [-0.2, -0.15) is 0 Å². The molecule has 0 fully saturated rings. The van der Waals surface area contributed by atoms with Gasteiger partial charge in [-0.1, -0.05) is 0 Å². The van der Waals surface area contributed by atoms with Crippen LogP contribution in [0, 0.1) is 0 Å². The standard InChI is InChI=1S/C12H16BrN3O3/c1-4-16(12(2,3)10(17)18)11(19)15-9-5-8(13)6-14-7-9/h5-7H,4H2,1-3H3,(H,15,19)(H,17,18). The number of aliphatic carboxylic acids is 1. The molecular weight excluding hydrogens is 314 g/mol. The van der Waals surface area contributed by atoms with E-state index in [1.807, 2.05) is 0 Å². The smallest absolute Gasteiger partial charge is 0.329 e. The molecule has 0 aromatic carbocycles. The fraction of sp³-hybridized carbons (Fsp3) is 0.417. The maximum atomic E-state index is 12.1. The monoisotopic (exact) mass is 329 g/mol. The third kappa shape index (κ3) is 3.66. The zero-order chi connectivity index (χ0) is 14.6. The molecule has 0 aliphatic rings. The van der Waals surface area contributed by atoms with Crippen molar-refractivity contribution in [3.8, 4) is 0 Å². The Labute approximate surface area is 120 Å². The van der Waals surface area contributed by atoms with Crippen LogP contribution in [0.25, 0.3) is 0 Å². The summed E-state index contributed by atoms with van der Waals surface area (Å²) in [6.07, 6.45) is 3.08. The predicted octanol–water partition coefficient (Wildman–Crippen LogP) is 2.56. The number of pyridine rings is 1. The number of hydrogen-bond acceptors (Lipinski definition) is 3. The molecular formula is C12H16BrN3O3. The van der Waals surface area contributed by atoms with Crippen molar-refractivity contribution in [3.63, 3.8) is 0 Å². The van der Waals surface area contributed by atoms with E-state index < -0.39 is 17.5 Å². The van der Waals surface area contributed by atoms with Crippen LogP contribution < -0.4 is 5.32 Å². The number of carboxylic acids is 1. The van der Waals surface area contributed by atoms with Crippen molar-refractivity contribution in [2.75, 3.05) is 11.9 Å². The van der Waals surface area contributed by atoms with Gasteiger partial charge in [-0.15, -0.1) is 0 Å². The highest BCUT2D eigenvalue weighted by Gasteiger charge is 2.36. The molecule has 0 spiro atoms. The molecule has 2 N–H and O–H groups in total. The number of halogens is 1. The lowest BCUT2D eigenvalue weighted by Gasteiger charge is -2.34. The zero-order valence-corrected chi connectivity index (χ0v) is 12.6. The highest BCUT2D eigenvalue weighted by atomic mass is 79.9. The van der Waals surface area contributed by atoms with E-state index in [-0.39, 0.29) is 6.54 Å². The lowest BCUT2D eigenvalue weighted by molar-refractivity contribution is -0.147. The average molecular weight is 330 g/mol. The summed E-state index contributed by atoms with van der Waals surface area (Å²) in [5, 5.41) is 11.8. The van der Waals surface area contributed by atoms with Gasteiger partial charge in [0.2, 0.25) is 0 Å². The number of rotatable bonds is 4. The molecule has 1 heterocycles. The van der Waals surface area contributed by atoms with Crippen LogP contribution in [0.4, 0.5) is 10.5 Å². The summed E-state index contributed by atoms with van der Waals surface area (Å²) in [6, 6.07) is 1.21. The third-order valence-corrected chi connectivity index (χ3v) is 3.15. The summed E-state index contributed by atoms with van der Waals surface area (Å²) >= 11 is 3.25. The number of urea groups is 1. The number of aromatic nitrogens is 1. The number of hydrogen-bond donors (Lipinski definition) is 2. The number of carboxylic acid groups (broad SMARTS) is 1. The van der Waals surface area contributed by atoms with Gasteiger partial charge in [-0.25, -0.2) is 9.59 Å². The number of nitrogens with zero attached hydrogens (tertiary/aromatic N) is 2. The molecule has 0 unspecified atom stereocenters. The Morgan fingerprint density at radius 3 is 2.58 bits per heavy atom. The van der Waals surface area contributed by atoms with Crippen LogP contribution in [0.5, 0.6) is 0 Å². The molecule has 0 radical (unpaired) electrons. The van der Waals surface area contributed by atoms with Crippen LogP contribution in [0.1, 0.15) is 20.8 Å². The number of nitrogens with one attached hydrogen (secondary N) is 1. The summed E-state index contributed by atoms with van der Waals surface area (Å²) in [7, 11) is 0. The first kappa shape index (κ1) is 15.4. The Morgan fingerprint density at radius 2 is 2.11 bits per heavy atom. The lowest BCUT2D eigenvalue weighted by Crippen LogP contribution is -2.54. The van der Waals surface area contributed by atoms with Crippen molar-refractivity contribution < 1.29 is 14.7 Å². The topological polar surface area (TPSA) is 82.5 Å². The second-order valence-corrected chi connectivity index (χ2v) is 5.35. The molecule has 7 heteroatoms. The van der Waals surface area contributed by atoms with E-state index in [2.05, 4.69) is 26.2 Å². The molecule has 104 valence electrons. The quantitative estimate of drug-likeness (QED) is 0.889. The van der Waals surface area contributed by atoms with E-state index in [9.17, 15) is 9.59 Å². The van der Waals surface area contributed by atoms with E-state index in [4.69, 9.17) is 5.11 Å². The molecule has 0 aliphatic heterocycles. The Bertz CT molecular complexity index is 491. The van der Waals surface area contributed by atoms with Crippen molar-refractivity contribution in [2.24, 2.45) is 0 Å². The molecule has 19 heavy (non-hydrogen) atoms. The first-order chi connectivity index (χ1) is 8.78. The second-order valence-electron chi connectivity index (χ2n) is 4.43. The van der Waals surface area contributed by atoms with Crippen molar-refractivity contribution in [1.82, 2.24) is 9.88 Å². The van der Waals surface area contributed by atoms with E-state index in [0.717, 1.165) is 4.47 Å². The number of carbonyl (C=O) groups excluding carboxylic acids is 1. The van der Waals surface area contributed by atoms with Crippen molar-refractivity contribution in [1.29, 1.82) is 0 Å². The third-order valence-electron chi connectivity index (χ3n) is 2.72. The van der Waals surface area contributed by atoms with E-state index in [1.165, 1.54) is 24.9 Å². The number of amides is 2. The molecule has 1 aromatic heterocycles. The molecule has 0 saturated carbocycles. The summed E-state index contributed by atoms with van der Waals surface area (Å²) in [5.41, 5.74) is -0.780. The highest BCUT2D eigenvalue weighted by molar-refractivity contribution is 9.10. The van der Waals surface area contributed by atoms with Crippen LogP contribution >= 0.6 is 15.9 Å². The largest absolute Gasteiger partial charge is 0.480 e. The summed E-state index contributed by atoms with van der Waals surface area (Å²) < 4.78 is 0.728. The Morgan fingerprint density at radius 1 is 1.47 bits per heavy atom. The number of anilines is 1. The molecule has 0 bridgehead atoms. The van der Waals surface area contributed by atoms with Gasteiger partial charge in [0.05, 0.1) is 11.9 Å². The fourth-order valence-corrected chi connectivity index (χ4v) is 1.94. The Kier molecular flexibility index (Phi) is 4.88. The second kappa shape index (κ2) is 6.01. The van der Waals surface area contributed by atoms with Crippen LogP contribution in [0.3, 0.4) is 0 Å². The van der Waals surface area contributed by atoms with Gasteiger partial charge in [-0.05, 0) is 42.8 Å².